The first-order valence-electron chi connectivity index (χ1n) is 6.01. The van der Waals surface area contributed by atoms with Gasteiger partial charge in [0, 0.05) is 10.0 Å². The van der Waals surface area contributed by atoms with Crippen LogP contribution >= 0.6 is 15.9 Å². The maximum atomic E-state index is 10.8. The molecule has 0 heterocycles. The van der Waals surface area contributed by atoms with E-state index in [0.29, 0.717) is 11.3 Å². The summed E-state index contributed by atoms with van der Waals surface area (Å²) < 4.78 is 6.98. The van der Waals surface area contributed by atoms with Crippen molar-refractivity contribution in [2.75, 3.05) is 0 Å². The minimum atomic E-state index is 0.617. The number of hydrogen-bond donors (Lipinski definition) is 0. The van der Waals surface area contributed by atoms with Crippen molar-refractivity contribution in [1.29, 1.82) is 0 Å². The highest BCUT2D eigenvalue weighted by Gasteiger charge is 2.07. The molecule has 2 aromatic rings. The number of benzene rings is 2. The van der Waals surface area contributed by atoms with E-state index in [1.54, 1.807) is 12.1 Å². The van der Waals surface area contributed by atoms with Gasteiger partial charge in [-0.25, -0.2) is 0 Å². The van der Waals surface area contributed by atoms with Crippen LogP contribution in [0.4, 0.5) is 0 Å². The summed E-state index contributed by atoms with van der Waals surface area (Å²) in [6.45, 7) is 6.01. The van der Waals surface area contributed by atoms with Gasteiger partial charge in [-0.3, -0.25) is 4.79 Å². The van der Waals surface area contributed by atoms with E-state index in [-0.39, 0.29) is 0 Å². The number of halogens is 1. The van der Waals surface area contributed by atoms with E-state index < -0.39 is 0 Å². The van der Waals surface area contributed by atoms with Gasteiger partial charge in [0.05, 0.1) is 0 Å². The van der Waals surface area contributed by atoms with E-state index in [1.165, 1.54) is 0 Å². The van der Waals surface area contributed by atoms with E-state index >= 15 is 0 Å². The Kier molecular flexibility index (Phi) is 4.05. The molecular weight excluding hydrogens is 304 g/mol. The summed E-state index contributed by atoms with van der Waals surface area (Å²) in [5.74, 6) is 1.50. The van der Waals surface area contributed by atoms with Crippen molar-refractivity contribution in [1.82, 2.24) is 0 Å². The molecular formula is C16H15BrO2. The molecule has 0 unspecified atom stereocenters. The van der Waals surface area contributed by atoms with Crippen LogP contribution in [0.2, 0.25) is 0 Å². The standard InChI is InChI=1S/C16H15BrO2/c1-10-4-5-13(9-18)8-15(10)19-14-6-11(2)16(17)12(3)7-14/h4-9H,1-3H3. The van der Waals surface area contributed by atoms with Crippen LogP contribution in [0.15, 0.2) is 34.8 Å². The van der Waals surface area contributed by atoms with Gasteiger partial charge in [0.2, 0.25) is 0 Å². The van der Waals surface area contributed by atoms with Crippen molar-refractivity contribution >= 4 is 22.2 Å². The van der Waals surface area contributed by atoms with Crippen molar-refractivity contribution in [3.8, 4) is 11.5 Å². The fourth-order valence-corrected chi connectivity index (χ4v) is 2.12. The van der Waals surface area contributed by atoms with E-state index in [0.717, 1.165) is 33.2 Å². The van der Waals surface area contributed by atoms with Crippen molar-refractivity contribution < 1.29 is 9.53 Å². The maximum absolute atomic E-state index is 10.8. The molecule has 2 rings (SSSR count). The summed E-state index contributed by atoms with van der Waals surface area (Å²) in [4.78, 5) is 10.8. The fraction of sp³-hybridized carbons (Fsp3) is 0.188. The van der Waals surface area contributed by atoms with Crippen molar-refractivity contribution in [2.45, 2.75) is 20.8 Å². The van der Waals surface area contributed by atoms with Gasteiger partial charge in [-0.05, 0) is 55.7 Å². The molecule has 0 aliphatic rings. The minimum Gasteiger partial charge on any atom is -0.457 e. The van der Waals surface area contributed by atoms with Crippen molar-refractivity contribution in [3.05, 3.63) is 57.1 Å². The van der Waals surface area contributed by atoms with Crippen molar-refractivity contribution in [2.24, 2.45) is 0 Å². The van der Waals surface area contributed by atoms with Gasteiger partial charge in [-0.2, -0.15) is 0 Å². The number of aryl methyl sites for hydroxylation is 3. The summed E-state index contributed by atoms with van der Waals surface area (Å²) in [7, 11) is 0. The van der Waals surface area contributed by atoms with Gasteiger partial charge in [0.25, 0.3) is 0 Å². The zero-order chi connectivity index (χ0) is 14.0. The molecule has 0 fully saturated rings. The SMILES string of the molecule is Cc1ccc(C=O)cc1Oc1cc(C)c(Br)c(C)c1. The third kappa shape index (κ3) is 3.04. The Hall–Kier alpha value is -1.61. The molecule has 2 nitrogen and oxygen atoms in total. The number of carbonyl (C=O) groups is 1. The van der Waals surface area contributed by atoms with E-state index in [1.807, 2.05) is 39.0 Å². The lowest BCUT2D eigenvalue weighted by atomic mass is 10.1. The summed E-state index contributed by atoms with van der Waals surface area (Å²) >= 11 is 3.53. The number of hydrogen-bond acceptors (Lipinski definition) is 2. The predicted molar refractivity (Wildman–Crippen MR) is 80.3 cm³/mol. The Balaban J connectivity index is 2.38. The highest BCUT2D eigenvalue weighted by atomic mass is 79.9. The molecule has 0 saturated heterocycles. The third-order valence-electron chi connectivity index (χ3n) is 2.99. The normalized spacial score (nSPS) is 10.3. The van der Waals surface area contributed by atoms with E-state index in [2.05, 4.69) is 15.9 Å². The number of aldehydes is 1. The Bertz CT molecular complexity index is 610. The smallest absolute Gasteiger partial charge is 0.150 e. The number of ether oxygens (including phenoxy) is 1. The van der Waals surface area contributed by atoms with Gasteiger partial charge in [-0.1, -0.05) is 28.1 Å². The first-order valence-corrected chi connectivity index (χ1v) is 6.81. The Morgan fingerprint density at radius 3 is 2.21 bits per heavy atom. The molecule has 0 aromatic heterocycles. The summed E-state index contributed by atoms with van der Waals surface area (Å²) in [5.41, 5.74) is 3.87. The molecule has 0 spiro atoms. The zero-order valence-electron chi connectivity index (χ0n) is 11.2. The fourth-order valence-electron chi connectivity index (χ4n) is 1.89. The molecule has 0 atom stereocenters. The number of carbonyl (C=O) groups excluding carboxylic acids is 1. The molecule has 0 saturated carbocycles. The Morgan fingerprint density at radius 1 is 1.00 bits per heavy atom. The summed E-state index contributed by atoms with van der Waals surface area (Å²) in [5, 5.41) is 0. The predicted octanol–water partition coefficient (Wildman–Crippen LogP) is 4.98. The molecule has 0 N–H and O–H groups in total. The van der Waals surface area contributed by atoms with Crippen LogP contribution in [0.3, 0.4) is 0 Å². The molecule has 0 aliphatic carbocycles. The van der Waals surface area contributed by atoms with Gasteiger partial charge in [-0.15, -0.1) is 0 Å². The first-order chi connectivity index (χ1) is 9.01. The average molecular weight is 319 g/mol. The lowest BCUT2D eigenvalue weighted by molar-refractivity contribution is 0.112. The number of rotatable bonds is 3. The van der Waals surface area contributed by atoms with E-state index in [4.69, 9.17) is 4.74 Å². The summed E-state index contributed by atoms with van der Waals surface area (Å²) in [6.07, 6.45) is 0.824. The second kappa shape index (κ2) is 5.57. The quantitative estimate of drug-likeness (QED) is 0.746. The molecule has 0 amide bonds. The molecule has 3 heteroatoms. The van der Waals surface area contributed by atoms with Crippen LogP contribution in [0.1, 0.15) is 27.0 Å². The first kappa shape index (κ1) is 13.8. The topological polar surface area (TPSA) is 26.3 Å². The monoisotopic (exact) mass is 318 g/mol. The Labute approximate surface area is 121 Å². The van der Waals surface area contributed by atoms with Gasteiger partial charge in [0.1, 0.15) is 17.8 Å². The van der Waals surface area contributed by atoms with Gasteiger partial charge < -0.3 is 4.74 Å². The van der Waals surface area contributed by atoms with Crippen LogP contribution < -0.4 is 4.74 Å². The van der Waals surface area contributed by atoms with E-state index in [9.17, 15) is 4.79 Å². The zero-order valence-corrected chi connectivity index (χ0v) is 12.7. The lowest BCUT2D eigenvalue weighted by Gasteiger charge is -2.12. The van der Waals surface area contributed by atoms with Crippen LogP contribution in [0.25, 0.3) is 0 Å². The molecule has 0 bridgehead atoms. The highest BCUT2D eigenvalue weighted by Crippen LogP contribution is 2.31. The molecule has 98 valence electrons. The average Bonchev–Trinajstić information content (AvgIpc) is 2.38. The van der Waals surface area contributed by atoms with Gasteiger partial charge in [0.15, 0.2) is 0 Å². The molecule has 0 radical (unpaired) electrons. The Morgan fingerprint density at radius 2 is 1.63 bits per heavy atom. The molecule has 19 heavy (non-hydrogen) atoms. The minimum absolute atomic E-state index is 0.617. The highest BCUT2D eigenvalue weighted by molar-refractivity contribution is 9.10. The van der Waals surface area contributed by atoms with Crippen LogP contribution in [0.5, 0.6) is 11.5 Å². The maximum Gasteiger partial charge on any atom is 0.150 e. The van der Waals surface area contributed by atoms with Gasteiger partial charge >= 0.3 is 0 Å². The van der Waals surface area contributed by atoms with Crippen LogP contribution in [-0.2, 0) is 0 Å². The second-order valence-corrected chi connectivity index (χ2v) is 5.41. The third-order valence-corrected chi connectivity index (χ3v) is 4.24. The van der Waals surface area contributed by atoms with Crippen LogP contribution in [0, 0.1) is 20.8 Å². The molecule has 0 aliphatic heterocycles. The van der Waals surface area contributed by atoms with Crippen molar-refractivity contribution in [3.63, 3.8) is 0 Å². The van der Waals surface area contributed by atoms with Crippen LogP contribution in [-0.4, -0.2) is 6.29 Å². The second-order valence-electron chi connectivity index (χ2n) is 4.62. The summed E-state index contributed by atoms with van der Waals surface area (Å²) in [6, 6.07) is 9.38. The largest absolute Gasteiger partial charge is 0.457 e. The lowest BCUT2D eigenvalue weighted by Crippen LogP contribution is -1.92. The molecule has 2 aromatic carbocycles.